The maximum atomic E-state index is 12.7. The van der Waals surface area contributed by atoms with E-state index in [-0.39, 0.29) is 16.1 Å². The average molecular weight is 366 g/mol. The molecule has 0 atom stereocenters. The van der Waals surface area contributed by atoms with Crippen LogP contribution in [0.1, 0.15) is 5.56 Å². The standard InChI is InChI=1S/C14H12BrN3O2S/c1-18(13-5-3-2-4-10(13)9-16)21(19,20)14-8-11(15)6-7-12(14)17/h2-8H,17H2,1H3. The van der Waals surface area contributed by atoms with Gasteiger partial charge in [-0.2, -0.15) is 5.26 Å². The molecule has 2 aromatic rings. The highest BCUT2D eigenvalue weighted by Gasteiger charge is 2.25. The molecule has 0 aliphatic rings. The summed E-state index contributed by atoms with van der Waals surface area (Å²) < 4.78 is 27.0. The third-order valence-corrected chi connectivity index (χ3v) is 5.30. The van der Waals surface area contributed by atoms with E-state index >= 15 is 0 Å². The average Bonchev–Trinajstić information content (AvgIpc) is 2.48. The first kappa shape index (κ1) is 15.4. The first-order valence-corrected chi connectivity index (χ1v) is 8.14. The zero-order valence-corrected chi connectivity index (χ0v) is 13.5. The summed E-state index contributed by atoms with van der Waals surface area (Å²) in [7, 11) is -2.46. The second-order valence-electron chi connectivity index (χ2n) is 4.28. The van der Waals surface area contributed by atoms with Crippen molar-refractivity contribution in [3.05, 3.63) is 52.5 Å². The Morgan fingerprint density at radius 1 is 1.24 bits per heavy atom. The third-order valence-electron chi connectivity index (χ3n) is 2.98. The number of nitrogen functional groups attached to an aromatic ring is 1. The van der Waals surface area contributed by atoms with Crippen molar-refractivity contribution >= 4 is 37.3 Å². The number of benzene rings is 2. The molecular formula is C14H12BrN3O2S. The number of nitrogens with zero attached hydrogens (tertiary/aromatic N) is 2. The van der Waals surface area contributed by atoms with Crippen molar-refractivity contribution in [2.45, 2.75) is 4.90 Å². The van der Waals surface area contributed by atoms with Gasteiger partial charge in [-0.25, -0.2) is 8.42 Å². The smallest absolute Gasteiger partial charge is 0.266 e. The zero-order valence-electron chi connectivity index (χ0n) is 11.1. The molecule has 108 valence electrons. The highest BCUT2D eigenvalue weighted by molar-refractivity contribution is 9.10. The van der Waals surface area contributed by atoms with Gasteiger partial charge in [0.05, 0.1) is 16.9 Å². The molecule has 0 amide bonds. The predicted octanol–water partition coefficient (Wildman–Crippen LogP) is 2.73. The lowest BCUT2D eigenvalue weighted by atomic mass is 10.2. The van der Waals surface area contributed by atoms with E-state index in [2.05, 4.69) is 15.9 Å². The first-order chi connectivity index (χ1) is 9.87. The summed E-state index contributed by atoms with van der Waals surface area (Å²) in [5.41, 5.74) is 6.50. The summed E-state index contributed by atoms with van der Waals surface area (Å²) in [4.78, 5) is -0.00730. The minimum absolute atomic E-state index is 0.00730. The number of rotatable bonds is 3. The summed E-state index contributed by atoms with van der Waals surface area (Å²) in [6.07, 6.45) is 0. The van der Waals surface area contributed by atoms with Crippen molar-refractivity contribution in [1.82, 2.24) is 0 Å². The van der Waals surface area contributed by atoms with E-state index in [1.165, 1.54) is 19.2 Å². The maximum Gasteiger partial charge on any atom is 0.266 e. The molecule has 0 radical (unpaired) electrons. The van der Waals surface area contributed by atoms with Crippen LogP contribution in [0.4, 0.5) is 11.4 Å². The van der Waals surface area contributed by atoms with Crippen molar-refractivity contribution < 1.29 is 8.42 Å². The molecule has 0 bridgehead atoms. The summed E-state index contributed by atoms with van der Waals surface area (Å²) >= 11 is 3.23. The molecular weight excluding hydrogens is 354 g/mol. The molecule has 0 fully saturated rings. The Morgan fingerprint density at radius 3 is 2.57 bits per heavy atom. The van der Waals surface area contributed by atoms with Crippen molar-refractivity contribution in [2.24, 2.45) is 0 Å². The highest BCUT2D eigenvalue weighted by Crippen LogP contribution is 2.29. The van der Waals surface area contributed by atoms with Gasteiger partial charge in [0.25, 0.3) is 10.0 Å². The molecule has 7 heteroatoms. The fourth-order valence-electron chi connectivity index (χ4n) is 1.85. The molecule has 0 aromatic heterocycles. The van der Waals surface area contributed by atoms with E-state index in [0.717, 1.165) is 4.31 Å². The highest BCUT2D eigenvalue weighted by atomic mass is 79.9. The molecule has 2 rings (SSSR count). The third kappa shape index (κ3) is 2.86. The van der Waals surface area contributed by atoms with Crippen molar-refractivity contribution in [3.63, 3.8) is 0 Å². The van der Waals surface area contributed by atoms with Crippen LogP contribution >= 0.6 is 15.9 Å². The minimum atomic E-state index is -3.85. The largest absolute Gasteiger partial charge is 0.398 e. The topological polar surface area (TPSA) is 87.2 Å². The van der Waals surface area contributed by atoms with Crippen LogP contribution in [0.2, 0.25) is 0 Å². The van der Waals surface area contributed by atoms with Crippen LogP contribution in [0, 0.1) is 11.3 Å². The van der Waals surface area contributed by atoms with Crippen LogP contribution < -0.4 is 10.0 Å². The quantitative estimate of drug-likeness (QED) is 0.847. The van der Waals surface area contributed by atoms with Crippen molar-refractivity contribution in [2.75, 3.05) is 17.1 Å². The number of halogens is 1. The molecule has 0 saturated carbocycles. The van der Waals surface area contributed by atoms with E-state index in [9.17, 15) is 8.42 Å². The van der Waals surface area contributed by atoms with E-state index in [0.29, 0.717) is 10.2 Å². The van der Waals surface area contributed by atoms with Crippen LogP contribution in [-0.2, 0) is 10.0 Å². The number of nitrogens with two attached hydrogens (primary N) is 1. The molecule has 0 heterocycles. The molecule has 0 aliphatic carbocycles. The fourth-order valence-corrected chi connectivity index (χ4v) is 3.72. The van der Waals surface area contributed by atoms with Crippen LogP contribution in [0.3, 0.4) is 0 Å². The van der Waals surface area contributed by atoms with Crippen LogP contribution in [-0.4, -0.2) is 15.5 Å². The molecule has 0 saturated heterocycles. The Hall–Kier alpha value is -2.04. The van der Waals surface area contributed by atoms with Crippen molar-refractivity contribution in [3.8, 4) is 6.07 Å². The number of anilines is 2. The van der Waals surface area contributed by atoms with Gasteiger partial charge < -0.3 is 5.73 Å². The molecule has 21 heavy (non-hydrogen) atoms. The normalized spacial score (nSPS) is 10.9. The van der Waals surface area contributed by atoms with Gasteiger partial charge in [0.1, 0.15) is 11.0 Å². The lowest BCUT2D eigenvalue weighted by molar-refractivity contribution is 0.594. The molecule has 0 unspecified atom stereocenters. The van der Waals surface area contributed by atoms with Gasteiger partial charge in [0, 0.05) is 11.5 Å². The lowest BCUT2D eigenvalue weighted by Crippen LogP contribution is -2.28. The Bertz CT molecular complexity index is 828. The molecule has 2 N–H and O–H groups in total. The van der Waals surface area contributed by atoms with Gasteiger partial charge in [-0.15, -0.1) is 0 Å². The molecule has 0 spiro atoms. The SMILES string of the molecule is CN(c1ccccc1C#N)S(=O)(=O)c1cc(Br)ccc1N. The number of hydrogen-bond donors (Lipinski definition) is 1. The monoisotopic (exact) mass is 365 g/mol. The van der Waals surface area contributed by atoms with Crippen LogP contribution in [0.5, 0.6) is 0 Å². The Balaban J connectivity index is 2.59. The molecule has 0 aliphatic heterocycles. The predicted molar refractivity (Wildman–Crippen MR) is 85.3 cm³/mol. The number of nitriles is 1. The van der Waals surface area contributed by atoms with E-state index < -0.39 is 10.0 Å². The summed E-state index contributed by atoms with van der Waals surface area (Å²) in [5, 5.41) is 9.10. The summed E-state index contributed by atoms with van der Waals surface area (Å²) in [6.45, 7) is 0. The Labute approximate surface area is 131 Å². The second kappa shape index (κ2) is 5.76. The van der Waals surface area contributed by atoms with Gasteiger partial charge >= 0.3 is 0 Å². The first-order valence-electron chi connectivity index (χ1n) is 5.91. The zero-order chi connectivity index (χ0) is 15.6. The number of sulfonamides is 1. The van der Waals surface area contributed by atoms with Crippen molar-refractivity contribution in [1.29, 1.82) is 5.26 Å². The second-order valence-corrected chi connectivity index (χ2v) is 7.14. The van der Waals surface area contributed by atoms with Gasteiger partial charge in [0.15, 0.2) is 0 Å². The number of para-hydroxylation sites is 1. The van der Waals surface area contributed by atoms with Gasteiger partial charge in [-0.05, 0) is 30.3 Å². The Kier molecular flexibility index (Phi) is 4.21. The summed E-state index contributed by atoms with van der Waals surface area (Å²) in [5.74, 6) is 0. The van der Waals surface area contributed by atoms with E-state index in [1.54, 1.807) is 30.3 Å². The van der Waals surface area contributed by atoms with Gasteiger partial charge in [-0.3, -0.25) is 4.31 Å². The van der Waals surface area contributed by atoms with Crippen LogP contribution in [0.25, 0.3) is 0 Å². The number of hydrogen-bond acceptors (Lipinski definition) is 4. The lowest BCUT2D eigenvalue weighted by Gasteiger charge is -2.21. The Morgan fingerprint density at radius 2 is 1.90 bits per heavy atom. The van der Waals surface area contributed by atoms with E-state index in [1.807, 2.05) is 6.07 Å². The van der Waals surface area contributed by atoms with Gasteiger partial charge in [-0.1, -0.05) is 28.1 Å². The maximum absolute atomic E-state index is 12.7. The van der Waals surface area contributed by atoms with Crippen LogP contribution in [0.15, 0.2) is 51.8 Å². The molecule has 5 nitrogen and oxygen atoms in total. The fraction of sp³-hybridized carbons (Fsp3) is 0.0714. The van der Waals surface area contributed by atoms with Gasteiger partial charge in [0.2, 0.25) is 0 Å². The minimum Gasteiger partial charge on any atom is -0.398 e. The summed E-state index contributed by atoms with van der Waals surface area (Å²) in [6, 6.07) is 13.1. The van der Waals surface area contributed by atoms with E-state index in [4.69, 9.17) is 11.0 Å². The molecule has 2 aromatic carbocycles.